The second kappa shape index (κ2) is 4.92. The van der Waals surface area contributed by atoms with Crippen molar-refractivity contribution in [1.82, 2.24) is 9.78 Å². The highest BCUT2D eigenvalue weighted by Crippen LogP contribution is 2.16. The van der Waals surface area contributed by atoms with Gasteiger partial charge in [-0.15, -0.1) is 11.6 Å². The third-order valence-electron chi connectivity index (χ3n) is 3.12. The first-order valence-electron chi connectivity index (χ1n) is 5.76. The lowest BCUT2D eigenvalue weighted by molar-refractivity contribution is 0.658. The van der Waals surface area contributed by atoms with Crippen LogP contribution in [0.2, 0.25) is 0 Å². The van der Waals surface area contributed by atoms with Crippen LogP contribution >= 0.6 is 11.6 Å². The minimum Gasteiger partial charge on any atom is -0.265 e. The van der Waals surface area contributed by atoms with Crippen molar-refractivity contribution in [2.75, 3.05) is 0 Å². The van der Waals surface area contributed by atoms with Crippen LogP contribution in [-0.4, -0.2) is 9.78 Å². The van der Waals surface area contributed by atoms with Crippen LogP contribution in [-0.2, 0) is 12.4 Å². The summed E-state index contributed by atoms with van der Waals surface area (Å²) in [6.45, 7) is 6.99. The van der Waals surface area contributed by atoms with Gasteiger partial charge in [0, 0.05) is 11.3 Å². The number of hydrogen-bond acceptors (Lipinski definition) is 1. The highest BCUT2D eigenvalue weighted by molar-refractivity contribution is 6.17. The zero-order chi connectivity index (χ0) is 12.4. The standard InChI is InChI=1S/C14H17ClN2/c1-10-4-6-13(7-5-10)9-17-12(3)14(8-15)11(2)16-17/h4-7H,8-9H2,1-3H3. The number of halogens is 1. The summed E-state index contributed by atoms with van der Waals surface area (Å²) in [6, 6.07) is 8.55. The molecule has 0 N–H and O–H groups in total. The van der Waals surface area contributed by atoms with E-state index in [1.807, 2.05) is 11.6 Å². The molecular weight excluding hydrogens is 232 g/mol. The summed E-state index contributed by atoms with van der Waals surface area (Å²) in [6.07, 6.45) is 0. The molecule has 0 bridgehead atoms. The fourth-order valence-corrected chi connectivity index (χ4v) is 2.33. The van der Waals surface area contributed by atoms with Crippen molar-refractivity contribution in [1.29, 1.82) is 0 Å². The molecule has 17 heavy (non-hydrogen) atoms. The Labute approximate surface area is 107 Å². The molecule has 1 aromatic carbocycles. The fraction of sp³-hybridized carbons (Fsp3) is 0.357. The highest BCUT2D eigenvalue weighted by atomic mass is 35.5. The average Bonchev–Trinajstić information content (AvgIpc) is 2.57. The maximum absolute atomic E-state index is 5.92. The normalized spacial score (nSPS) is 10.8. The van der Waals surface area contributed by atoms with E-state index in [0.29, 0.717) is 5.88 Å². The first-order valence-corrected chi connectivity index (χ1v) is 6.29. The first-order chi connectivity index (χ1) is 8.11. The number of benzene rings is 1. The van der Waals surface area contributed by atoms with Crippen molar-refractivity contribution < 1.29 is 0 Å². The molecule has 0 unspecified atom stereocenters. The van der Waals surface area contributed by atoms with Crippen LogP contribution in [0.15, 0.2) is 24.3 Å². The van der Waals surface area contributed by atoms with Gasteiger partial charge in [0.05, 0.1) is 18.1 Å². The van der Waals surface area contributed by atoms with Crippen LogP contribution in [0.5, 0.6) is 0 Å². The van der Waals surface area contributed by atoms with Crippen molar-refractivity contribution >= 4 is 11.6 Å². The summed E-state index contributed by atoms with van der Waals surface area (Å²) in [5.41, 5.74) is 5.90. The third kappa shape index (κ3) is 2.52. The van der Waals surface area contributed by atoms with E-state index in [9.17, 15) is 0 Å². The van der Waals surface area contributed by atoms with Gasteiger partial charge in [0.2, 0.25) is 0 Å². The van der Waals surface area contributed by atoms with Crippen LogP contribution in [0, 0.1) is 20.8 Å². The Balaban J connectivity index is 2.27. The molecule has 1 heterocycles. The molecule has 2 rings (SSSR count). The Kier molecular flexibility index (Phi) is 3.53. The van der Waals surface area contributed by atoms with E-state index in [1.165, 1.54) is 11.1 Å². The summed E-state index contributed by atoms with van der Waals surface area (Å²) in [5, 5.41) is 4.53. The molecule has 0 spiro atoms. The molecule has 0 aliphatic heterocycles. The Morgan fingerprint density at radius 2 is 1.76 bits per heavy atom. The molecule has 0 amide bonds. The second-order valence-corrected chi connectivity index (χ2v) is 4.69. The Morgan fingerprint density at radius 3 is 2.29 bits per heavy atom. The molecule has 0 fully saturated rings. The van der Waals surface area contributed by atoms with E-state index in [-0.39, 0.29) is 0 Å². The lowest BCUT2D eigenvalue weighted by Gasteiger charge is -2.05. The van der Waals surface area contributed by atoms with Crippen molar-refractivity contribution in [3.05, 3.63) is 52.3 Å². The number of nitrogens with zero attached hydrogens (tertiary/aromatic N) is 2. The number of rotatable bonds is 3. The molecule has 2 aromatic rings. The van der Waals surface area contributed by atoms with Gasteiger partial charge in [0.1, 0.15) is 0 Å². The quantitative estimate of drug-likeness (QED) is 0.759. The van der Waals surface area contributed by atoms with Crippen LogP contribution in [0.25, 0.3) is 0 Å². The van der Waals surface area contributed by atoms with Crippen LogP contribution in [0.3, 0.4) is 0 Å². The van der Waals surface area contributed by atoms with Crippen LogP contribution in [0.1, 0.15) is 28.1 Å². The molecule has 0 atom stereocenters. The number of alkyl halides is 1. The third-order valence-corrected chi connectivity index (χ3v) is 3.39. The maximum atomic E-state index is 5.92. The van der Waals surface area contributed by atoms with Crippen molar-refractivity contribution in [2.45, 2.75) is 33.2 Å². The van der Waals surface area contributed by atoms with Gasteiger partial charge in [-0.25, -0.2) is 0 Å². The van der Waals surface area contributed by atoms with Gasteiger partial charge in [0.25, 0.3) is 0 Å². The van der Waals surface area contributed by atoms with Crippen molar-refractivity contribution in [2.24, 2.45) is 0 Å². The summed E-state index contributed by atoms with van der Waals surface area (Å²) >= 11 is 5.92. The van der Waals surface area contributed by atoms with Crippen LogP contribution in [0.4, 0.5) is 0 Å². The molecule has 3 heteroatoms. The predicted octanol–water partition coefficient (Wildman–Crippen LogP) is 3.60. The zero-order valence-electron chi connectivity index (χ0n) is 10.5. The van der Waals surface area contributed by atoms with Crippen molar-refractivity contribution in [3.8, 4) is 0 Å². The molecule has 0 aliphatic carbocycles. The molecule has 0 saturated carbocycles. The molecule has 2 nitrogen and oxygen atoms in total. The van der Waals surface area contributed by atoms with E-state index < -0.39 is 0 Å². The minimum atomic E-state index is 0.533. The minimum absolute atomic E-state index is 0.533. The number of aryl methyl sites for hydroxylation is 2. The molecular formula is C14H17ClN2. The Bertz CT molecular complexity index is 512. The predicted molar refractivity (Wildman–Crippen MR) is 71.5 cm³/mol. The monoisotopic (exact) mass is 248 g/mol. The van der Waals surface area contributed by atoms with Gasteiger partial charge in [-0.1, -0.05) is 29.8 Å². The van der Waals surface area contributed by atoms with E-state index in [1.54, 1.807) is 0 Å². The molecule has 1 aromatic heterocycles. The fourth-order valence-electron chi connectivity index (χ4n) is 1.95. The number of aromatic nitrogens is 2. The molecule has 0 aliphatic rings. The second-order valence-electron chi connectivity index (χ2n) is 4.43. The molecule has 0 radical (unpaired) electrons. The highest BCUT2D eigenvalue weighted by Gasteiger charge is 2.10. The summed E-state index contributed by atoms with van der Waals surface area (Å²) in [5.74, 6) is 0.533. The van der Waals surface area contributed by atoms with E-state index in [4.69, 9.17) is 11.6 Å². The Hall–Kier alpha value is -1.28. The lowest BCUT2D eigenvalue weighted by Crippen LogP contribution is -2.04. The summed E-state index contributed by atoms with van der Waals surface area (Å²) < 4.78 is 2.03. The zero-order valence-corrected chi connectivity index (χ0v) is 11.3. The lowest BCUT2D eigenvalue weighted by atomic mass is 10.1. The molecule has 0 saturated heterocycles. The largest absolute Gasteiger partial charge is 0.265 e. The average molecular weight is 249 g/mol. The van der Waals surface area contributed by atoms with Gasteiger partial charge in [0.15, 0.2) is 0 Å². The van der Waals surface area contributed by atoms with Gasteiger partial charge >= 0.3 is 0 Å². The van der Waals surface area contributed by atoms with Crippen molar-refractivity contribution in [3.63, 3.8) is 0 Å². The van der Waals surface area contributed by atoms with E-state index in [0.717, 1.165) is 23.5 Å². The van der Waals surface area contributed by atoms with Crippen LogP contribution < -0.4 is 0 Å². The maximum Gasteiger partial charge on any atom is 0.0662 e. The summed E-state index contributed by atoms with van der Waals surface area (Å²) in [4.78, 5) is 0. The van der Waals surface area contributed by atoms with Gasteiger partial charge in [-0.3, -0.25) is 4.68 Å². The summed E-state index contributed by atoms with van der Waals surface area (Å²) in [7, 11) is 0. The molecule has 90 valence electrons. The first kappa shape index (κ1) is 12.2. The SMILES string of the molecule is Cc1ccc(Cn2nc(C)c(CCl)c2C)cc1. The number of hydrogen-bond donors (Lipinski definition) is 0. The van der Waals surface area contributed by atoms with Gasteiger partial charge in [-0.2, -0.15) is 5.10 Å². The van der Waals surface area contributed by atoms with E-state index >= 15 is 0 Å². The smallest absolute Gasteiger partial charge is 0.0662 e. The van der Waals surface area contributed by atoms with E-state index in [2.05, 4.69) is 43.2 Å². The van der Waals surface area contributed by atoms with Gasteiger partial charge in [-0.05, 0) is 26.3 Å². The van der Waals surface area contributed by atoms with Gasteiger partial charge < -0.3 is 0 Å². The topological polar surface area (TPSA) is 17.8 Å². The Morgan fingerprint density at radius 1 is 1.12 bits per heavy atom.